The van der Waals surface area contributed by atoms with Crippen molar-refractivity contribution in [2.45, 2.75) is 32.2 Å². The summed E-state index contributed by atoms with van der Waals surface area (Å²) in [5.41, 5.74) is 1.51. The van der Waals surface area contributed by atoms with Gasteiger partial charge in [0.2, 0.25) is 0 Å². The molecule has 32 heavy (non-hydrogen) atoms. The van der Waals surface area contributed by atoms with E-state index < -0.39 is 40.0 Å². The van der Waals surface area contributed by atoms with E-state index in [1.165, 1.54) is 12.1 Å². The van der Waals surface area contributed by atoms with Crippen molar-refractivity contribution in [1.29, 1.82) is 0 Å². The summed E-state index contributed by atoms with van der Waals surface area (Å²) in [7, 11) is -2.74. The molecule has 0 bridgehead atoms. The van der Waals surface area contributed by atoms with Gasteiger partial charge in [-0.2, -0.15) is 8.42 Å². The summed E-state index contributed by atoms with van der Waals surface area (Å²) in [6.45, 7) is 0.0969. The fourth-order valence-electron chi connectivity index (χ4n) is 2.76. The summed E-state index contributed by atoms with van der Waals surface area (Å²) in [4.78, 5) is 23.8. The maximum Gasteiger partial charge on any atom is 0.312 e. The molecule has 9 nitrogen and oxygen atoms in total. The van der Waals surface area contributed by atoms with Crippen molar-refractivity contribution in [3.63, 3.8) is 0 Å². The van der Waals surface area contributed by atoms with Crippen LogP contribution in [0.2, 0.25) is 0 Å². The molecule has 2 rings (SSSR count). The van der Waals surface area contributed by atoms with Crippen LogP contribution in [-0.4, -0.2) is 49.7 Å². The summed E-state index contributed by atoms with van der Waals surface area (Å²) in [6, 6.07) is 15.3. The van der Waals surface area contributed by atoms with E-state index >= 15 is 0 Å². The minimum atomic E-state index is -3.75. The first kappa shape index (κ1) is 25.5. The smallest absolute Gasteiger partial charge is 0.312 e. The molecule has 0 heterocycles. The van der Waals surface area contributed by atoms with Crippen LogP contribution in [-0.2, 0) is 41.7 Å². The van der Waals surface area contributed by atoms with Gasteiger partial charge in [0.1, 0.15) is 12.4 Å². The van der Waals surface area contributed by atoms with Crippen LogP contribution in [0.1, 0.15) is 24.0 Å². The molecular weight excluding hydrogens is 440 g/mol. The Kier molecular flexibility index (Phi) is 9.79. The van der Waals surface area contributed by atoms with Gasteiger partial charge in [-0.25, -0.2) is 0 Å². The first-order chi connectivity index (χ1) is 15.2. The van der Waals surface area contributed by atoms with Crippen LogP contribution in [0.25, 0.3) is 0 Å². The largest absolute Gasteiger partial charge is 0.461 e. The maximum absolute atomic E-state index is 12.1. The highest BCUT2D eigenvalue weighted by Crippen LogP contribution is 2.20. The van der Waals surface area contributed by atoms with Crippen molar-refractivity contribution in [2.75, 3.05) is 12.9 Å². The number of aliphatic hydroxyl groups excluding tert-OH is 1. The molecule has 2 N–H and O–H groups in total. The minimum absolute atomic E-state index is 0.0969. The van der Waals surface area contributed by atoms with Gasteiger partial charge >= 0.3 is 11.9 Å². The third-order valence-electron chi connectivity index (χ3n) is 4.56. The minimum Gasteiger partial charge on any atom is -0.461 e. The first-order valence-corrected chi connectivity index (χ1v) is 11.4. The number of aliphatic hydroxyl groups is 2. The molecule has 0 amide bonds. The van der Waals surface area contributed by atoms with Gasteiger partial charge in [0, 0.05) is 5.92 Å². The van der Waals surface area contributed by atoms with Crippen LogP contribution >= 0.6 is 0 Å². The molecule has 0 aromatic heterocycles. The number of ether oxygens (including phenoxy) is 2. The Morgan fingerprint density at radius 3 is 2.19 bits per heavy atom. The Labute approximate surface area is 186 Å². The molecule has 2 aromatic rings. The van der Waals surface area contributed by atoms with Gasteiger partial charge in [0.25, 0.3) is 10.1 Å². The van der Waals surface area contributed by atoms with Crippen molar-refractivity contribution in [1.82, 2.24) is 0 Å². The van der Waals surface area contributed by atoms with Crippen molar-refractivity contribution in [2.24, 2.45) is 5.92 Å². The Morgan fingerprint density at radius 2 is 1.59 bits per heavy atom. The van der Waals surface area contributed by atoms with E-state index in [4.69, 9.17) is 9.47 Å². The second-order valence-corrected chi connectivity index (χ2v) is 8.88. The molecule has 2 aromatic carbocycles. The number of hydrogen-bond donors (Lipinski definition) is 2. The van der Waals surface area contributed by atoms with Crippen LogP contribution < -0.4 is 4.74 Å². The lowest BCUT2D eigenvalue weighted by molar-refractivity contribution is -0.151. The van der Waals surface area contributed by atoms with Crippen molar-refractivity contribution in [3.8, 4) is 5.75 Å². The van der Waals surface area contributed by atoms with Gasteiger partial charge < -0.3 is 19.7 Å². The van der Waals surface area contributed by atoms with E-state index in [-0.39, 0.29) is 31.6 Å². The predicted octanol–water partition coefficient (Wildman–Crippen LogP) is 1.56. The zero-order chi connectivity index (χ0) is 23.6. The van der Waals surface area contributed by atoms with Crippen molar-refractivity contribution < 1.29 is 41.9 Å². The number of carbonyl (C=O) groups excluding carboxylic acids is 2. The number of carbonyl (C=O) groups is 2. The molecule has 1 unspecified atom stereocenters. The third-order valence-corrected chi connectivity index (χ3v) is 5.77. The zero-order valence-electron chi connectivity index (χ0n) is 17.5. The van der Waals surface area contributed by atoms with Gasteiger partial charge in [-0.3, -0.25) is 13.8 Å². The average molecular weight is 467 g/mol. The molecule has 0 saturated carbocycles. The number of benzene rings is 2. The Hall–Kier alpha value is -2.79. The monoisotopic (exact) mass is 466 g/mol. The quantitative estimate of drug-likeness (QED) is 0.207. The van der Waals surface area contributed by atoms with Gasteiger partial charge in [0.05, 0.1) is 25.7 Å². The molecule has 174 valence electrons. The molecule has 1 atom stereocenters. The van der Waals surface area contributed by atoms with E-state index in [0.717, 1.165) is 12.7 Å². The van der Waals surface area contributed by atoms with E-state index in [0.29, 0.717) is 5.56 Å². The number of esters is 2. The van der Waals surface area contributed by atoms with E-state index in [1.807, 2.05) is 30.3 Å². The molecule has 10 heteroatoms. The molecular formula is C22H26O9S. The summed E-state index contributed by atoms with van der Waals surface area (Å²) in [5.74, 6) is -2.36. The van der Waals surface area contributed by atoms with Gasteiger partial charge in [-0.05, 0) is 29.7 Å². The Morgan fingerprint density at radius 1 is 0.938 bits per heavy atom. The third kappa shape index (κ3) is 9.15. The highest BCUT2D eigenvalue weighted by Gasteiger charge is 2.22. The normalized spacial score (nSPS) is 12.4. The average Bonchev–Trinajstić information content (AvgIpc) is 2.78. The zero-order valence-corrected chi connectivity index (χ0v) is 18.4. The highest BCUT2D eigenvalue weighted by atomic mass is 32.2. The lowest BCUT2D eigenvalue weighted by Gasteiger charge is -2.18. The maximum atomic E-state index is 12.1. The Balaban J connectivity index is 1.86. The van der Waals surface area contributed by atoms with Gasteiger partial charge in [-0.1, -0.05) is 42.5 Å². The molecule has 0 aliphatic carbocycles. The summed E-state index contributed by atoms with van der Waals surface area (Å²) in [6.07, 6.45) is -2.09. The fourth-order valence-corrected chi connectivity index (χ4v) is 3.35. The summed E-state index contributed by atoms with van der Waals surface area (Å²) in [5, 5.41) is 19.3. The number of hydrogen-bond acceptors (Lipinski definition) is 9. The van der Waals surface area contributed by atoms with Crippen LogP contribution in [0.3, 0.4) is 0 Å². The van der Waals surface area contributed by atoms with Crippen molar-refractivity contribution >= 4 is 22.1 Å². The molecule has 0 aliphatic rings. The number of rotatable bonds is 12. The van der Waals surface area contributed by atoms with Gasteiger partial charge in [-0.15, -0.1) is 0 Å². The summed E-state index contributed by atoms with van der Waals surface area (Å²) >= 11 is 0. The Bertz CT molecular complexity index is 970. The first-order valence-electron chi connectivity index (χ1n) is 9.82. The van der Waals surface area contributed by atoms with E-state index in [1.54, 1.807) is 12.1 Å². The van der Waals surface area contributed by atoms with Crippen LogP contribution in [0.5, 0.6) is 5.75 Å². The molecule has 0 radical (unpaired) electrons. The second-order valence-electron chi connectivity index (χ2n) is 7.02. The van der Waals surface area contributed by atoms with Crippen LogP contribution in [0, 0.1) is 5.92 Å². The highest BCUT2D eigenvalue weighted by molar-refractivity contribution is 7.86. The summed E-state index contributed by atoms with van der Waals surface area (Å²) < 4.78 is 37.0. The second kappa shape index (κ2) is 12.3. The SMILES string of the molecule is COS(=O)(=O)CCC(=O)Oc1ccc(CC(CC(=O)OCc2ccccc2)C(O)O)cc1. The van der Waals surface area contributed by atoms with Crippen LogP contribution in [0.4, 0.5) is 0 Å². The molecule has 0 saturated heterocycles. The molecule has 0 aliphatic heterocycles. The van der Waals surface area contributed by atoms with E-state index in [2.05, 4.69) is 4.18 Å². The molecule has 0 fully saturated rings. The molecule has 0 spiro atoms. The van der Waals surface area contributed by atoms with Crippen molar-refractivity contribution in [3.05, 3.63) is 65.7 Å². The topological polar surface area (TPSA) is 136 Å². The predicted molar refractivity (Wildman–Crippen MR) is 114 cm³/mol. The van der Waals surface area contributed by atoms with E-state index in [9.17, 15) is 28.2 Å². The van der Waals surface area contributed by atoms with Gasteiger partial charge in [0.15, 0.2) is 6.29 Å². The fraction of sp³-hybridized carbons (Fsp3) is 0.364. The van der Waals surface area contributed by atoms with Crippen LogP contribution in [0.15, 0.2) is 54.6 Å². The lowest BCUT2D eigenvalue weighted by atomic mass is 9.95. The lowest BCUT2D eigenvalue weighted by Crippen LogP contribution is -2.25. The standard InChI is InChI=1S/C22H26O9S/c1-29-32(27,28)12-11-20(23)31-19-9-7-16(8-10-19)13-18(22(25)26)14-21(24)30-15-17-5-3-2-4-6-17/h2-10,18,22,25-26H,11-15H2,1H3.